The first kappa shape index (κ1) is 14.2. The minimum atomic E-state index is -0.560. The van der Waals surface area contributed by atoms with E-state index in [0.29, 0.717) is 22.4 Å². The van der Waals surface area contributed by atoms with Gasteiger partial charge in [0.1, 0.15) is 22.9 Å². The maximum Gasteiger partial charge on any atom is 0.167 e. The lowest BCUT2D eigenvalue weighted by atomic mass is 10.0. The van der Waals surface area contributed by atoms with Crippen LogP contribution in [0.4, 0.5) is 8.78 Å². The molecule has 4 nitrogen and oxygen atoms in total. The minimum Gasteiger partial charge on any atom is -0.322 e. The van der Waals surface area contributed by atoms with Gasteiger partial charge in [-0.1, -0.05) is 0 Å². The van der Waals surface area contributed by atoms with Crippen LogP contribution >= 0.6 is 0 Å². The van der Waals surface area contributed by atoms with Gasteiger partial charge in [0.2, 0.25) is 0 Å². The zero-order valence-corrected chi connectivity index (χ0v) is 13.2. The number of hydrogen-bond donors (Lipinski definition) is 0. The summed E-state index contributed by atoms with van der Waals surface area (Å²) in [4.78, 5) is 12.4. The van der Waals surface area contributed by atoms with Gasteiger partial charge in [-0.2, -0.15) is 0 Å². The molecule has 0 saturated heterocycles. The highest BCUT2D eigenvalue weighted by atomic mass is 19.1. The summed E-state index contributed by atoms with van der Waals surface area (Å²) in [6, 6.07) is 3.07. The van der Waals surface area contributed by atoms with Gasteiger partial charge in [-0.3, -0.25) is 0 Å². The maximum atomic E-state index is 14.5. The molecule has 0 radical (unpaired) electrons. The summed E-state index contributed by atoms with van der Waals surface area (Å²) >= 11 is 0. The second-order valence-corrected chi connectivity index (χ2v) is 6.62. The summed E-state index contributed by atoms with van der Waals surface area (Å²) in [5.74, 6) is 0.307. The molecule has 1 aliphatic heterocycles. The van der Waals surface area contributed by atoms with Crippen molar-refractivity contribution in [3.05, 3.63) is 41.6 Å². The smallest absolute Gasteiger partial charge is 0.167 e. The predicted octanol–water partition coefficient (Wildman–Crippen LogP) is 3.76. The molecule has 0 spiro atoms. The molecule has 3 aromatic rings. The molecule has 0 aliphatic carbocycles. The third-order valence-corrected chi connectivity index (χ3v) is 4.49. The van der Waals surface area contributed by atoms with E-state index in [1.54, 1.807) is 13.0 Å². The number of hydrogen-bond acceptors (Lipinski definition) is 3. The highest BCUT2D eigenvalue weighted by Gasteiger charge is 2.33. The van der Waals surface area contributed by atoms with E-state index >= 15 is 0 Å². The Morgan fingerprint density at radius 1 is 1.13 bits per heavy atom. The Morgan fingerprint density at radius 3 is 2.70 bits per heavy atom. The average molecular weight is 314 g/mol. The molecule has 1 aromatic carbocycles. The first-order chi connectivity index (χ1) is 10.9. The van der Waals surface area contributed by atoms with Crippen molar-refractivity contribution in [1.82, 2.24) is 19.5 Å². The van der Waals surface area contributed by atoms with Gasteiger partial charge in [-0.15, -0.1) is 0 Å². The van der Waals surface area contributed by atoms with Crippen LogP contribution in [0.1, 0.15) is 31.9 Å². The quantitative estimate of drug-likeness (QED) is 0.687. The molecule has 1 aliphatic rings. The highest BCUT2D eigenvalue weighted by molar-refractivity contribution is 5.83. The lowest BCUT2D eigenvalue weighted by Crippen LogP contribution is -2.21. The van der Waals surface area contributed by atoms with Crippen LogP contribution in [0.15, 0.2) is 18.3 Å². The number of rotatable bonds is 1. The summed E-state index contributed by atoms with van der Waals surface area (Å²) in [7, 11) is 0. The molecule has 4 rings (SSSR count). The van der Waals surface area contributed by atoms with E-state index in [1.807, 2.05) is 0 Å². The predicted molar refractivity (Wildman–Crippen MR) is 83.1 cm³/mol. The monoisotopic (exact) mass is 314 g/mol. The van der Waals surface area contributed by atoms with Crippen LogP contribution in [-0.2, 0) is 12.0 Å². The molecule has 0 unspecified atom stereocenters. The van der Waals surface area contributed by atoms with Crippen LogP contribution in [-0.4, -0.2) is 19.5 Å². The molecule has 3 heterocycles. The standard InChI is InChI=1S/C17H16F2N4/c1-9-20-8-12(19)15(21-9)10-6-11(18)16-13(7-10)23-14(22-16)4-5-17(23,2)3/h6-8H,4-5H2,1-3H3. The Labute approximate surface area is 132 Å². The Morgan fingerprint density at radius 2 is 1.91 bits per heavy atom. The molecule has 0 fully saturated rings. The third kappa shape index (κ3) is 2.04. The van der Waals surface area contributed by atoms with Crippen molar-refractivity contribution < 1.29 is 8.78 Å². The van der Waals surface area contributed by atoms with E-state index in [9.17, 15) is 8.78 Å². The van der Waals surface area contributed by atoms with Gasteiger partial charge in [-0.05, 0) is 39.3 Å². The molecule has 0 N–H and O–H groups in total. The third-order valence-electron chi connectivity index (χ3n) is 4.49. The van der Waals surface area contributed by atoms with Crippen LogP contribution < -0.4 is 0 Å². The summed E-state index contributed by atoms with van der Waals surface area (Å²) in [6.07, 6.45) is 2.89. The Kier molecular flexibility index (Phi) is 2.83. The van der Waals surface area contributed by atoms with Gasteiger partial charge in [-0.25, -0.2) is 23.7 Å². The fraction of sp³-hybridized carbons (Fsp3) is 0.353. The van der Waals surface area contributed by atoms with E-state index in [2.05, 4.69) is 33.4 Å². The summed E-state index contributed by atoms with van der Waals surface area (Å²) in [5, 5.41) is 0. The fourth-order valence-electron chi connectivity index (χ4n) is 3.35. The van der Waals surface area contributed by atoms with Crippen molar-refractivity contribution in [3.63, 3.8) is 0 Å². The molecule has 0 saturated carbocycles. The maximum absolute atomic E-state index is 14.5. The lowest BCUT2D eigenvalue weighted by Gasteiger charge is -2.22. The number of imidazole rings is 1. The van der Waals surface area contributed by atoms with E-state index in [0.717, 1.165) is 24.9 Å². The number of aryl methyl sites for hydroxylation is 2. The molecule has 0 bridgehead atoms. The van der Waals surface area contributed by atoms with Crippen molar-refractivity contribution in [1.29, 1.82) is 0 Å². The van der Waals surface area contributed by atoms with Gasteiger partial charge in [0.15, 0.2) is 11.6 Å². The van der Waals surface area contributed by atoms with Crippen molar-refractivity contribution in [2.24, 2.45) is 0 Å². The SMILES string of the molecule is Cc1ncc(F)c(-c2cc(F)c3nc4n(c3c2)C(C)(C)CC4)n1. The van der Waals surface area contributed by atoms with Gasteiger partial charge in [0, 0.05) is 17.5 Å². The molecule has 118 valence electrons. The van der Waals surface area contributed by atoms with Crippen LogP contribution in [0.2, 0.25) is 0 Å². The zero-order valence-electron chi connectivity index (χ0n) is 13.2. The molecule has 0 amide bonds. The van der Waals surface area contributed by atoms with E-state index in [-0.39, 0.29) is 11.2 Å². The zero-order chi connectivity index (χ0) is 16.4. The molecule has 6 heteroatoms. The van der Waals surface area contributed by atoms with Crippen molar-refractivity contribution in [2.75, 3.05) is 0 Å². The van der Waals surface area contributed by atoms with E-state index in [4.69, 9.17) is 0 Å². The van der Waals surface area contributed by atoms with Gasteiger partial charge >= 0.3 is 0 Å². The van der Waals surface area contributed by atoms with Crippen LogP contribution in [0.25, 0.3) is 22.3 Å². The minimum absolute atomic E-state index is 0.115. The van der Waals surface area contributed by atoms with Crippen LogP contribution in [0.3, 0.4) is 0 Å². The molecule has 23 heavy (non-hydrogen) atoms. The van der Waals surface area contributed by atoms with Gasteiger partial charge in [0.05, 0.1) is 11.7 Å². The molecule has 2 aromatic heterocycles. The number of halogens is 2. The van der Waals surface area contributed by atoms with Gasteiger partial charge in [0.25, 0.3) is 0 Å². The van der Waals surface area contributed by atoms with Crippen molar-refractivity contribution >= 4 is 11.0 Å². The Balaban J connectivity index is 2.02. The number of benzene rings is 1. The fourth-order valence-corrected chi connectivity index (χ4v) is 3.35. The van der Waals surface area contributed by atoms with E-state index < -0.39 is 11.6 Å². The van der Waals surface area contributed by atoms with Crippen molar-refractivity contribution in [2.45, 2.75) is 39.2 Å². The molecular formula is C17H16F2N4. The normalized spacial score (nSPS) is 16.0. The first-order valence-corrected chi connectivity index (χ1v) is 7.58. The second-order valence-electron chi connectivity index (χ2n) is 6.62. The summed E-state index contributed by atoms with van der Waals surface area (Å²) in [6.45, 7) is 5.88. The second kappa shape index (κ2) is 4.57. The summed E-state index contributed by atoms with van der Waals surface area (Å²) < 4.78 is 30.7. The lowest BCUT2D eigenvalue weighted by molar-refractivity contribution is 0.386. The molecule has 0 atom stereocenters. The first-order valence-electron chi connectivity index (χ1n) is 7.58. The van der Waals surface area contributed by atoms with Crippen LogP contribution in [0.5, 0.6) is 0 Å². The Bertz CT molecular complexity index is 943. The largest absolute Gasteiger partial charge is 0.322 e. The highest BCUT2D eigenvalue weighted by Crippen LogP contribution is 2.37. The topological polar surface area (TPSA) is 43.6 Å². The Hall–Kier alpha value is -2.37. The number of aromatic nitrogens is 4. The van der Waals surface area contributed by atoms with E-state index in [1.165, 1.54) is 6.07 Å². The average Bonchev–Trinajstić information content (AvgIpc) is 3.00. The van der Waals surface area contributed by atoms with Crippen LogP contribution in [0, 0.1) is 18.6 Å². The molecular weight excluding hydrogens is 298 g/mol. The number of fused-ring (bicyclic) bond motifs is 3. The van der Waals surface area contributed by atoms with Crippen molar-refractivity contribution in [3.8, 4) is 11.3 Å². The summed E-state index contributed by atoms with van der Waals surface area (Å²) in [5.41, 5.74) is 1.42. The number of nitrogens with zero attached hydrogens (tertiary/aromatic N) is 4. The van der Waals surface area contributed by atoms with Gasteiger partial charge < -0.3 is 4.57 Å².